The maximum absolute atomic E-state index is 12.8. The van der Waals surface area contributed by atoms with Crippen molar-refractivity contribution in [3.05, 3.63) is 30.0 Å². The molecule has 1 amide bonds. The molecule has 0 fully saturated rings. The van der Waals surface area contributed by atoms with Crippen LogP contribution in [0.3, 0.4) is 0 Å². The number of amides is 1. The highest BCUT2D eigenvalue weighted by Gasteiger charge is 2.22. The molecule has 1 N–H and O–H groups in total. The molecule has 1 heterocycles. The Labute approximate surface area is 153 Å². The number of carboxylic acid groups (broad SMARTS) is 1. The van der Waals surface area contributed by atoms with E-state index in [9.17, 15) is 14.7 Å². The van der Waals surface area contributed by atoms with Gasteiger partial charge in [-0.05, 0) is 19.4 Å². The van der Waals surface area contributed by atoms with Crippen LogP contribution in [0.5, 0.6) is 0 Å². The molecular weight excluding hydrogens is 334 g/mol. The maximum atomic E-state index is 12.8. The molecule has 7 nitrogen and oxygen atoms in total. The molecule has 0 radical (unpaired) electrons. The van der Waals surface area contributed by atoms with Crippen molar-refractivity contribution in [2.75, 3.05) is 26.3 Å². The fourth-order valence-electron chi connectivity index (χ4n) is 2.90. The van der Waals surface area contributed by atoms with Crippen molar-refractivity contribution in [2.45, 2.75) is 26.7 Å². The highest BCUT2D eigenvalue weighted by Crippen LogP contribution is 2.18. The normalized spacial score (nSPS) is 12.3. The van der Waals surface area contributed by atoms with Crippen LogP contribution < -0.4 is 0 Å². The van der Waals surface area contributed by atoms with Crippen LogP contribution in [-0.4, -0.2) is 58.0 Å². The third-order valence-electron chi connectivity index (χ3n) is 4.34. The molecule has 0 aliphatic heterocycles. The lowest BCUT2D eigenvalue weighted by molar-refractivity contribution is -0.143. The van der Waals surface area contributed by atoms with Crippen LogP contribution in [-0.2, 0) is 27.8 Å². The van der Waals surface area contributed by atoms with Gasteiger partial charge in [0.2, 0.25) is 5.91 Å². The zero-order valence-electron chi connectivity index (χ0n) is 15.6. The summed E-state index contributed by atoms with van der Waals surface area (Å²) in [6, 6.07) is 7.77. The van der Waals surface area contributed by atoms with E-state index < -0.39 is 11.9 Å². The quantitative estimate of drug-likeness (QED) is 0.655. The fourth-order valence-corrected chi connectivity index (χ4v) is 2.90. The van der Waals surface area contributed by atoms with Gasteiger partial charge in [-0.2, -0.15) is 5.10 Å². The van der Waals surface area contributed by atoms with Crippen LogP contribution in [0.25, 0.3) is 10.9 Å². The lowest BCUT2D eigenvalue weighted by Crippen LogP contribution is -2.39. The van der Waals surface area contributed by atoms with Gasteiger partial charge in [-0.25, -0.2) is 0 Å². The molecule has 2 aromatic rings. The molecule has 0 aliphatic rings. The third-order valence-corrected chi connectivity index (χ3v) is 4.34. The number of carbonyl (C=O) groups excluding carboxylic acids is 1. The van der Waals surface area contributed by atoms with Gasteiger partial charge in [0.1, 0.15) is 0 Å². The second-order valence-corrected chi connectivity index (χ2v) is 6.39. The van der Waals surface area contributed by atoms with Gasteiger partial charge in [0.25, 0.3) is 0 Å². The van der Waals surface area contributed by atoms with E-state index in [0.29, 0.717) is 31.9 Å². The Morgan fingerprint density at radius 3 is 2.77 bits per heavy atom. The van der Waals surface area contributed by atoms with E-state index in [1.807, 2.05) is 38.2 Å². The summed E-state index contributed by atoms with van der Waals surface area (Å²) in [7, 11) is 1.85. The van der Waals surface area contributed by atoms with E-state index in [2.05, 4.69) is 5.10 Å². The number of aromatic nitrogens is 2. The van der Waals surface area contributed by atoms with Gasteiger partial charge in [0.05, 0.1) is 23.5 Å². The topological polar surface area (TPSA) is 84.7 Å². The highest BCUT2D eigenvalue weighted by molar-refractivity contribution is 5.87. The molecular formula is C19H27N3O4. The minimum absolute atomic E-state index is 0.113. The minimum atomic E-state index is -0.907. The van der Waals surface area contributed by atoms with E-state index in [4.69, 9.17) is 4.74 Å². The molecule has 142 valence electrons. The largest absolute Gasteiger partial charge is 0.481 e. The van der Waals surface area contributed by atoms with Gasteiger partial charge in [-0.1, -0.05) is 25.1 Å². The highest BCUT2D eigenvalue weighted by atomic mass is 16.5. The third kappa shape index (κ3) is 5.05. The lowest BCUT2D eigenvalue weighted by Gasteiger charge is -2.24. The van der Waals surface area contributed by atoms with E-state index >= 15 is 0 Å². The van der Waals surface area contributed by atoms with Crippen molar-refractivity contribution in [1.82, 2.24) is 14.7 Å². The lowest BCUT2D eigenvalue weighted by atomic mass is 10.1. The number of hydrogen-bond donors (Lipinski definition) is 1. The fraction of sp³-hybridized carbons (Fsp3) is 0.526. The summed E-state index contributed by atoms with van der Waals surface area (Å²) < 4.78 is 7.09. The Hall–Kier alpha value is -2.41. The molecule has 0 aliphatic carbocycles. The Bertz CT molecular complexity index is 756. The minimum Gasteiger partial charge on any atom is -0.481 e. The Balaban J connectivity index is 2.11. The number of rotatable bonds is 10. The van der Waals surface area contributed by atoms with Gasteiger partial charge in [0, 0.05) is 38.7 Å². The standard InChI is InChI=1S/C19H27N3O4/c1-4-26-11-7-10-22(13-14(2)19(24)25)18(23)12-16-15-8-5-6-9-17(15)21(3)20-16/h5-6,8-9,14H,4,7,10-13H2,1-3H3,(H,24,25). The molecule has 0 spiro atoms. The zero-order chi connectivity index (χ0) is 19.1. The van der Waals surface area contributed by atoms with Crippen molar-refractivity contribution in [1.29, 1.82) is 0 Å². The molecule has 1 aromatic carbocycles. The summed E-state index contributed by atoms with van der Waals surface area (Å²) in [5, 5.41) is 14.6. The van der Waals surface area contributed by atoms with Crippen LogP contribution >= 0.6 is 0 Å². The molecule has 1 aromatic heterocycles. The molecule has 0 saturated carbocycles. The average Bonchev–Trinajstić information content (AvgIpc) is 2.93. The number of carboxylic acids is 1. The predicted octanol–water partition coefficient (Wildman–Crippen LogP) is 2.09. The smallest absolute Gasteiger partial charge is 0.308 e. The summed E-state index contributed by atoms with van der Waals surface area (Å²) in [6.07, 6.45) is 0.831. The second kappa shape index (κ2) is 9.33. The summed E-state index contributed by atoms with van der Waals surface area (Å²) in [5.74, 6) is -1.64. The second-order valence-electron chi connectivity index (χ2n) is 6.39. The summed E-state index contributed by atoms with van der Waals surface area (Å²) in [6.45, 7) is 5.36. The van der Waals surface area contributed by atoms with Crippen molar-refractivity contribution in [3.63, 3.8) is 0 Å². The number of aryl methyl sites for hydroxylation is 1. The number of fused-ring (bicyclic) bond motifs is 1. The van der Waals surface area contributed by atoms with Crippen molar-refractivity contribution < 1.29 is 19.4 Å². The maximum Gasteiger partial charge on any atom is 0.308 e. The molecule has 0 saturated heterocycles. The van der Waals surface area contributed by atoms with Crippen LogP contribution in [0, 0.1) is 5.92 Å². The molecule has 26 heavy (non-hydrogen) atoms. The number of para-hydroxylation sites is 1. The van der Waals surface area contributed by atoms with Crippen LogP contribution in [0.15, 0.2) is 24.3 Å². The first kappa shape index (κ1) is 19.9. The number of nitrogens with zero attached hydrogens (tertiary/aromatic N) is 3. The summed E-state index contributed by atoms with van der Waals surface area (Å²) >= 11 is 0. The van der Waals surface area contributed by atoms with E-state index in [1.54, 1.807) is 16.5 Å². The van der Waals surface area contributed by atoms with Crippen LogP contribution in [0.1, 0.15) is 26.0 Å². The Morgan fingerprint density at radius 2 is 2.08 bits per heavy atom. The first-order valence-corrected chi connectivity index (χ1v) is 8.93. The molecule has 7 heteroatoms. The van der Waals surface area contributed by atoms with Crippen molar-refractivity contribution in [2.24, 2.45) is 13.0 Å². The van der Waals surface area contributed by atoms with E-state index in [-0.39, 0.29) is 18.9 Å². The first-order valence-electron chi connectivity index (χ1n) is 8.93. The van der Waals surface area contributed by atoms with Gasteiger partial charge in [0.15, 0.2) is 0 Å². The zero-order valence-corrected chi connectivity index (χ0v) is 15.6. The van der Waals surface area contributed by atoms with Gasteiger partial charge >= 0.3 is 5.97 Å². The number of benzene rings is 1. The monoisotopic (exact) mass is 361 g/mol. The Kier molecular flexibility index (Phi) is 7.15. The SMILES string of the molecule is CCOCCCN(CC(C)C(=O)O)C(=O)Cc1nn(C)c2ccccc12. The molecule has 1 atom stereocenters. The van der Waals surface area contributed by atoms with Gasteiger partial charge in [-0.3, -0.25) is 14.3 Å². The average molecular weight is 361 g/mol. The summed E-state index contributed by atoms with van der Waals surface area (Å²) in [5.41, 5.74) is 1.68. The van der Waals surface area contributed by atoms with Gasteiger partial charge < -0.3 is 14.7 Å². The number of hydrogen-bond acceptors (Lipinski definition) is 4. The number of aliphatic carboxylic acids is 1. The van der Waals surface area contributed by atoms with E-state index in [1.165, 1.54) is 0 Å². The van der Waals surface area contributed by atoms with Crippen molar-refractivity contribution >= 4 is 22.8 Å². The molecule has 2 rings (SSSR count). The van der Waals surface area contributed by atoms with Crippen LogP contribution in [0.4, 0.5) is 0 Å². The first-order chi connectivity index (χ1) is 12.4. The summed E-state index contributed by atoms with van der Waals surface area (Å²) in [4.78, 5) is 25.6. The molecule has 0 bridgehead atoms. The van der Waals surface area contributed by atoms with Gasteiger partial charge in [-0.15, -0.1) is 0 Å². The Morgan fingerprint density at radius 1 is 1.35 bits per heavy atom. The van der Waals surface area contributed by atoms with Crippen molar-refractivity contribution in [3.8, 4) is 0 Å². The predicted molar refractivity (Wildman–Crippen MR) is 98.9 cm³/mol. The van der Waals surface area contributed by atoms with E-state index in [0.717, 1.165) is 10.9 Å². The molecule has 1 unspecified atom stereocenters. The number of ether oxygens (including phenoxy) is 1. The van der Waals surface area contributed by atoms with Crippen LogP contribution in [0.2, 0.25) is 0 Å². The number of carbonyl (C=O) groups is 2.